The molecule has 0 atom stereocenters. The molecule has 0 bridgehead atoms. The summed E-state index contributed by atoms with van der Waals surface area (Å²) in [5.74, 6) is 3.67. The van der Waals surface area contributed by atoms with Crippen LogP contribution in [0.2, 0.25) is 0 Å². The normalized spacial score (nSPS) is 13.6. The third kappa shape index (κ3) is 2.44. The number of hydrogen-bond donors (Lipinski definition) is 0. The molecule has 5 aromatic carbocycles. The molecule has 158 valence electrons. The van der Waals surface area contributed by atoms with Gasteiger partial charge in [0.1, 0.15) is 23.0 Å². The van der Waals surface area contributed by atoms with Crippen LogP contribution in [0, 0.1) is 0 Å². The van der Waals surface area contributed by atoms with E-state index in [4.69, 9.17) is 9.47 Å². The summed E-state index contributed by atoms with van der Waals surface area (Å²) < 4.78 is 12.9. The van der Waals surface area contributed by atoms with Crippen molar-refractivity contribution in [3.8, 4) is 45.3 Å². The van der Waals surface area contributed by atoms with Gasteiger partial charge in [0.05, 0.1) is 0 Å². The molecule has 34 heavy (non-hydrogen) atoms. The molecular weight excluding hydrogens is 435 g/mol. The van der Waals surface area contributed by atoms with E-state index in [-0.39, 0.29) is 6.71 Å². The summed E-state index contributed by atoms with van der Waals surface area (Å²) in [4.78, 5) is 2.55. The van der Waals surface area contributed by atoms with Gasteiger partial charge in [-0.05, 0) is 69.6 Å². The minimum absolute atomic E-state index is 0.0947. The number of ether oxygens (including phenoxy) is 2. The van der Waals surface area contributed by atoms with Crippen LogP contribution in [0.5, 0.6) is 23.0 Å². The van der Waals surface area contributed by atoms with Crippen molar-refractivity contribution in [1.82, 2.24) is 0 Å². The fourth-order valence-corrected chi connectivity index (χ4v) is 7.01. The van der Waals surface area contributed by atoms with Crippen LogP contribution in [0.4, 0.5) is 0 Å². The standard InChI is InChI=1S/C30H17BO2S/c1-3-8-18(9-4-1)20-14-16-24-27-29(20)34-30-21(19-10-5-2-6-11-19)15-17-25-28(30)31(27)26-22(32-24)12-7-13-23(26)33-25/h1-17H. The first-order chi connectivity index (χ1) is 16.9. The van der Waals surface area contributed by atoms with Gasteiger partial charge in [0.2, 0.25) is 0 Å². The zero-order chi connectivity index (χ0) is 22.2. The Bertz CT molecular complexity index is 1510. The van der Waals surface area contributed by atoms with E-state index < -0.39 is 0 Å². The lowest BCUT2D eigenvalue weighted by Crippen LogP contribution is -2.60. The first-order valence-electron chi connectivity index (χ1n) is 11.5. The van der Waals surface area contributed by atoms with Gasteiger partial charge in [-0.1, -0.05) is 78.5 Å². The maximum atomic E-state index is 6.46. The summed E-state index contributed by atoms with van der Waals surface area (Å²) in [6.45, 7) is 0.0947. The molecule has 8 rings (SSSR count). The van der Waals surface area contributed by atoms with Crippen LogP contribution < -0.4 is 25.9 Å². The first-order valence-corrected chi connectivity index (χ1v) is 12.3. The summed E-state index contributed by atoms with van der Waals surface area (Å²) in [5, 5.41) is 0. The minimum Gasteiger partial charge on any atom is -0.458 e. The SMILES string of the molecule is c1ccc(-c2ccc3c4c2Sc2c(-c5ccccc5)ccc5c2B4c2c(cccc2O5)O3)cc1. The van der Waals surface area contributed by atoms with E-state index in [0.717, 1.165) is 28.5 Å². The summed E-state index contributed by atoms with van der Waals surface area (Å²) in [5.41, 5.74) is 8.59. The quantitative estimate of drug-likeness (QED) is 0.291. The molecule has 0 saturated heterocycles. The average Bonchev–Trinajstić information content (AvgIpc) is 2.90. The molecule has 0 amide bonds. The topological polar surface area (TPSA) is 18.5 Å². The Balaban J connectivity index is 1.48. The second-order valence-electron chi connectivity index (χ2n) is 8.85. The molecule has 2 nitrogen and oxygen atoms in total. The van der Waals surface area contributed by atoms with Crippen molar-refractivity contribution in [2.45, 2.75) is 9.79 Å². The predicted molar refractivity (Wildman–Crippen MR) is 139 cm³/mol. The second-order valence-corrected chi connectivity index (χ2v) is 9.87. The van der Waals surface area contributed by atoms with E-state index in [0.29, 0.717) is 0 Å². The fourth-order valence-electron chi connectivity index (χ4n) is 5.56. The van der Waals surface area contributed by atoms with Gasteiger partial charge in [-0.2, -0.15) is 0 Å². The molecule has 0 fully saturated rings. The molecular formula is C30H17BO2S. The van der Waals surface area contributed by atoms with Gasteiger partial charge in [0.15, 0.2) is 0 Å². The third-order valence-electron chi connectivity index (χ3n) is 7.02. The van der Waals surface area contributed by atoms with Crippen molar-refractivity contribution in [2.75, 3.05) is 0 Å². The highest BCUT2D eigenvalue weighted by molar-refractivity contribution is 8.00. The maximum Gasteiger partial charge on any atom is 0.263 e. The maximum absolute atomic E-state index is 6.46. The van der Waals surface area contributed by atoms with E-state index >= 15 is 0 Å². The number of rotatable bonds is 2. The lowest BCUT2D eigenvalue weighted by atomic mass is 9.34. The largest absolute Gasteiger partial charge is 0.458 e. The van der Waals surface area contributed by atoms with Crippen LogP contribution in [-0.2, 0) is 0 Å². The van der Waals surface area contributed by atoms with E-state index in [9.17, 15) is 0 Å². The molecule has 0 saturated carbocycles. The molecule has 0 unspecified atom stereocenters. The van der Waals surface area contributed by atoms with Gasteiger partial charge in [-0.3, -0.25) is 0 Å². The molecule has 3 aliphatic rings. The molecule has 0 N–H and O–H groups in total. The van der Waals surface area contributed by atoms with Gasteiger partial charge in [-0.15, -0.1) is 0 Å². The van der Waals surface area contributed by atoms with Crippen LogP contribution in [0.25, 0.3) is 22.3 Å². The Morgan fingerprint density at radius 2 is 0.912 bits per heavy atom. The van der Waals surface area contributed by atoms with Crippen LogP contribution in [-0.4, -0.2) is 6.71 Å². The van der Waals surface area contributed by atoms with Crippen molar-refractivity contribution < 1.29 is 9.47 Å². The monoisotopic (exact) mass is 452 g/mol. The van der Waals surface area contributed by atoms with Crippen molar-refractivity contribution in [3.05, 3.63) is 103 Å². The Hall–Kier alpha value is -3.89. The highest BCUT2D eigenvalue weighted by Crippen LogP contribution is 2.48. The smallest absolute Gasteiger partial charge is 0.263 e. The highest BCUT2D eigenvalue weighted by atomic mass is 32.2. The first kappa shape index (κ1) is 18.5. The summed E-state index contributed by atoms with van der Waals surface area (Å²) in [7, 11) is 0. The van der Waals surface area contributed by atoms with Crippen molar-refractivity contribution in [2.24, 2.45) is 0 Å². The van der Waals surface area contributed by atoms with Gasteiger partial charge >= 0.3 is 0 Å². The van der Waals surface area contributed by atoms with Gasteiger partial charge in [0, 0.05) is 15.3 Å². The van der Waals surface area contributed by atoms with Gasteiger partial charge in [0.25, 0.3) is 6.71 Å². The lowest BCUT2D eigenvalue weighted by Gasteiger charge is -2.38. The molecule has 0 aliphatic carbocycles. The third-order valence-corrected chi connectivity index (χ3v) is 8.31. The number of benzene rings is 5. The zero-order valence-electron chi connectivity index (χ0n) is 18.1. The van der Waals surface area contributed by atoms with Crippen molar-refractivity contribution in [3.63, 3.8) is 0 Å². The number of hydrogen-bond acceptors (Lipinski definition) is 3. The minimum atomic E-state index is 0.0947. The molecule has 3 aliphatic heterocycles. The van der Waals surface area contributed by atoms with Crippen LogP contribution >= 0.6 is 11.8 Å². The summed E-state index contributed by atoms with van der Waals surface area (Å²) >= 11 is 1.85. The molecule has 4 heteroatoms. The van der Waals surface area contributed by atoms with E-state index in [1.54, 1.807) is 0 Å². The highest BCUT2D eigenvalue weighted by Gasteiger charge is 2.46. The molecule has 0 radical (unpaired) electrons. The summed E-state index contributed by atoms with van der Waals surface area (Å²) in [6.07, 6.45) is 0. The van der Waals surface area contributed by atoms with Gasteiger partial charge in [-0.25, -0.2) is 0 Å². The van der Waals surface area contributed by atoms with Crippen molar-refractivity contribution in [1.29, 1.82) is 0 Å². The summed E-state index contributed by atoms with van der Waals surface area (Å²) in [6, 6.07) is 36.2. The molecule has 5 aromatic rings. The fraction of sp³-hybridized carbons (Fsp3) is 0. The Labute approximate surface area is 202 Å². The van der Waals surface area contributed by atoms with E-state index in [2.05, 4.69) is 97.1 Å². The van der Waals surface area contributed by atoms with Crippen LogP contribution in [0.15, 0.2) is 113 Å². The zero-order valence-corrected chi connectivity index (χ0v) is 18.9. The second kappa shape index (κ2) is 6.81. The van der Waals surface area contributed by atoms with E-state index in [1.807, 2.05) is 17.8 Å². The Kier molecular flexibility index (Phi) is 3.71. The predicted octanol–water partition coefficient (Wildman–Crippen LogP) is 6.21. The average molecular weight is 452 g/mol. The Morgan fingerprint density at radius 3 is 1.41 bits per heavy atom. The van der Waals surface area contributed by atoms with Gasteiger partial charge < -0.3 is 9.47 Å². The van der Waals surface area contributed by atoms with Crippen LogP contribution in [0.1, 0.15) is 0 Å². The Morgan fingerprint density at radius 1 is 0.441 bits per heavy atom. The molecule has 3 heterocycles. The van der Waals surface area contributed by atoms with Crippen LogP contribution in [0.3, 0.4) is 0 Å². The molecule has 0 spiro atoms. The van der Waals surface area contributed by atoms with E-state index in [1.165, 1.54) is 43.0 Å². The molecule has 0 aromatic heterocycles. The lowest BCUT2D eigenvalue weighted by molar-refractivity contribution is 0.463. The van der Waals surface area contributed by atoms with Crippen molar-refractivity contribution >= 4 is 34.9 Å².